The predicted octanol–water partition coefficient (Wildman–Crippen LogP) is 2.77. The van der Waals surface area contributed by atoms with Gasteiger partial charge in [-0.1, -0.05) is 6.07 Å². The highest BCUT2D eigenvalue weighted by atomic mass is 15.4. The molecule has 1 fully saturated rings. The van der Waals surface area contributed by atoms with Crippen molar-refractivity contribution in [3.63, 3.8) is 0 Å². The lowest BCUT2D eigenvalue weighted by Gasteiger charge is -2.33. The van der Waals surface area contributed by atoms with Crippen molar-refractivity contribution in [3.05, 3.63) is 53.7 Å². The van der Waals surface area contributed by atoms with E-state index < -0.39 is 0 Å². The zero-order valence-corrected chi connectivity index (χ0v) is 15.0. The number of hydrogen-bond acceptors (Lipinski definition) is 5. The number of anilines is 1. The zero-order chi connectivity index (χ0) is 17.7. The maximum absolute atomic E-state index is 4.63. The van der Waals surface area contributed by atoms with Gasteiger partial charge in [-0.25, -0.2) is 4.98 Å². The Morgan fingerprint density at radius 2 is 1.81 bits per heavy atom. The molecule has 4 aromatic rings. The van der Waals surface area contributed by atoms with E-state index in [9.17, 15) is 0 Å². The summed E-state index contributed by atoms with van der Waals surface area (Å²) in [6.07, 6.45) is 4.16. The van der Waals surface area contributed by atoms with E-state index in [1.807, 2.05) is 42.6 Å². The zero-order valence-electron chi connectivity index (χ0n) is 15.0. The fraction of sp³-hybridized carbons (Fsp3) is 0.368. The van der Waals surface area contributed by atoms with Crippen molar-refractivity contribution in [2.24, 2.45) is 0 Å². The molecular formula is C19H21N7. The van der Waals surface area contributed by atoms with Gasteiger partial charge in [-0.3, -0.25) is 4.40 Å². The highest BCUT2D eigenvalue weighted by molar-refractivity contribution is 5.52. The topological polar surface area (TPSA) is 63.6 Å². The van der Waals surface area contributed by atoms with Crippen molar-refractivity contribution in [1.29, 1.82) is 0 Å². The number of nitrogens with zero attached hydrogens (tertiary/aromatic N) is 7. The van der Waals surface area contributed by atoms with Gasteiger partial charge in [0.15, 0.2) is 11.3 Å². The molecule has 0 aliphatic carbocycles. The molecule has 0 amide bonds. The van der Waals surface area contributed by atoms with Crippen LogP contribution in [0.1, 0.15) is 36.0 Å². The summed E-state index contributed by atoms with van der Waals surface area (Å²) in [6, 6.07) is 10.2. The summed E-state index contributed by atoms with van der Waals surface area (Å²) in [6.45, 7) is 6.01. The molecule has 5 heterocycles. The molecule has 0 N–H and O–H groups in total. The molecule has 0 bridgehead atoms. The SMILES string of the molecule is Cc1cc(N2CCC(c3nnc4ccccn34)CC2)n2nc(C)cc2n1. The van der Waals surface area contributed by atoms with Crippen molar-refractivity contribution < 1.29 is 0 Å². The summed E-state index contributed by atoms with van der Waals surface area (Å²) < 4.78 is 4.08. The van der Waals surface area contributed by atoms with Crippen molar-refractivity contribution in [2.75, 3.05) is 18.0 Å². The minimum atomic E-state index is 0.432. The quantitative estimate of drug-likeness (QED) is 0.558. The van der Waals surface area contributed by atoms with E-state index in [1.165, 1.54) is 0 Å². The molecule has 7 nitrogen and oxygen atoms in total. The minimum Gasteiger partial charge on any atom is -0.356 e. The molecule has 0 atom stereocenters. The summed E-state index contributed by atoms with van der Waals surface area (Å²) >= 11 is 0. The Balaban J connectivity index is 1.42. The van der Waals surface area contributed by atoms with Gasteiger partial charge in [-0.15, -0.1) is 10.2 Å². The lowest BCUT2D eigenvalue weighted by atomic mass is 9.96. The van der Waals surface area contributed by atoms with E-state index in [0.717, 1.165) is 60.3 Å². The van der Waals surface area contributed by atoms with E-state index in [1.54, 1.807) is 0 Å². The summed E-state index contributed by atoms with van der Waals surface area (Å²) in [4.78, 5) is 7.00. The third-order valence-electron chi connectivity index (χ3n) is 5.18. The van der Waals surface area contributed by atoms with Crippen LogP contribution in [0.4, 0.5) is 5.82 Å². The molecule has 0 unspecified atom stereocenters. The van der Waals surface area contributed by atoms with Gasteiger partial charge in [0.25, 0.3) is 0 Å². The van der Waals surface area contributed by atoms with Crippen LogP contribution < -0.4 is 4.90 Å². The fourth-order valence-electron chi connectivity index (χ4n) is 3.93. The van der Waals surface area contributed by atoms with Crippen LogP contribution in [-0.2, 0) is 0 Å². The van der Waals surface area contributed by atoms with Crippen LogP contribution in [0, 0.1) is 13.8 Å². The second kappa shape index (κ2) is 5.79. The first-order valence-corrected chi connectivity index (χ1v) is 9.08. The first-order chi connectivity index (χ1) is 12.7. The maximum atomic E-state index is 4.63. The van der Waals surface area contributed by atoms with Gasteiger partial charge in [-0.05, 0) is 38.8 Å². The Bertz CT molecular complexity index is 1090. The Morgan fingerprint density at radius 3 is 2.65 bits per heavy atom. The molecule has 0 aromatic carbocycles. The smallest absolute Gasteiger partial charge is 0.160 e. The average Bonchev–Trinajstić information content (AvgIpc) is 3.24. The second-order valence-corrected chi connectivity index (χ2v) is 7.06. The largest absolute Gasteiger partial charge is 0.356 e. The Kier molecular flexibility index (Phi) is 3.41. The molecule has 1 aliphatic heterocycles. The van der Waals surface area contributed by atoms with E-state index >= 15 is 0 Å². The van der Waals surface area contributed by atoms with Crippen LogP contribution in [0.25, 0.3) is 11.3 Å². The number of fused-ring (bicyclic) bond motifs is 2. The van der Waals surface area contributed by atoms with E-state index in [2.05, 4.69) is 41.8 Å². The number of aryl methyl sites for hydroxylation is 2. The Morgan fingerprint density at radius 1 is 0.962 bits per heavy atom. The van der Waals surface area contributed by atoms with Crippen LogP contribution in [-0.4, -0.2) is 42.3 Å². The van der Waals surface area contributed by atoms with Crippen molar-refractivity contribution >= 4 is 17.1 Å². The fourth-order valence-corrected chi connectivity index (χ4v) is 3.93. The Labute approximate surface area is 151 Å². The van der Waals surface area contributed by atoms with Crippen LogP contribution in [0.2, 0.25) is 0 Å². The van der Waals surface area contributed by atoms with Gasteiger partial charge in [0, 0.05) is 43.0 Å². The van der Waals surface area contributed by atoms with Crippen molar-refractivity contribution in [3.8, 4) is 0 Å². The molecule has 1 saturated heterocycles. The summed E-state index contributed by atoms with van der Waals surface area (Å²) in [5, 5.41) is 13.4. The van der Waals surface area contributed by atoms with Crippen LogP contribution in [0.5, 0.6) is 0 Å². The maximum Gasteiger partial charge on any atom is 0.160 e. The summed E-state index contributed by atoms with van der Waals surface area (Å²) in [7, 11) is 0. The first-order valence-electron chi connectivity index (χ1n) is 9.08. The summed E-state index contributed by atoms with van der Waals surface area (Å²) in [5.74, 6) is 2.64. The molecule has 26 heavy (non-hydrogen) atoms. The molecule has 1 aliphatic rings. The molecule has 4 aromatic heterocycles. The highest BCUT2D eigenvalue weighted by Gasteiger charge is 2.26. The molecule has 0 spiro atoms. The van der Waals surface area contributed by atoms with Crippen LogP contribution >= 0.6 is 0 Å². The third kappa shape index (κ3) is 2.42. The van der Waals surface area contributed by atoms with Gasteiger partial charge < -0.3 is 4.90 Å². The highest BCUT2D eigenvalue weighted by Crippen LogP contribution is 2.30. The molecule has 132 valence electrons. The Hall–Kier alpha value is -2.96. The normalized spacial score (nSPS) is 16.0. The summed E-state index contributed by atoms with van der Waals surface area (Å²) in [5.41, 5.74) is 3.86. The number of aromatic nitrogens is 6. The number of hydrogen-bond donors (Lipinski definition) is 0. The van der Waals surface area contributed by atoms with Gasteiger partial charge in [-0.2, -0.15) is 9.61 Å². The number of piperidine rings is 1. The standard InChI is InChI=1S/C19H21N7/c1-13-12-18(26-17(20-13)11-14(2)23-26)24-9-6-15(7-10-24)19-22-21-16-5-3-4-8-25(16)19/h3-5,8,11-12,15H,6-7,9-10H2,1-2H3. The minimum absolute atomic E-state index is 0.432. The molecular weight excluding hydrogens is 326 g/mol. The molecule has 5 rings (SSSR count). The van der Waals surface area contributed by atoms with Gasteiger partial charge in [0.2, 0.25) is 0 Å². The lowest BCUT2D eigenvalue weighted by Crippen LogP contribution is -2.35. The van der Waals surface area contributed by atoms with Gasteiger partial charge in [0.05, 0.1) is 5.69 Å². The second-order valence-electron chi connectivity index (χ2n) is 7.06. The van der Waals surface area contributed by atoms with E-state index in [0.29, 0.717) is 5.92 Å². The van der Waals surface area contributed by atoms with E-state index in [-0.39, 0.29) is 0 Å². The van der Waals surface area contributed by atoms with E-state index in [4.69, 9.17) is 0 Å². The van der Waals surface area contributed by atoms with Crippen LogP contribution in [0.3, 0.4) is 0 Å². The molecule has 0 saturated carbocycles. The lowest BCUT2D eigenvalue weighted by molar-refractivity contribution is 0.478. The van der Waals surface area contributed by atoms with Gasteiger partial charge >= 0.3 is 0 Å². The average molecular weight is 347 g/mol. The van der Waals surface area contributed by atoms with Gasteiger partial charge in [0.1, 0.15) is 11.6 Å². The third-order valence-corrected chi connectivity index (χ3v) is 5.18. The van der Waals surface area contributed by atoms with Crippen molar-refractivity contribution in [1.82, 2.24) is 29.2 Å². The van der Waals surface area contributed by atoms with Crippen molar-refractivity contribution in [2.45, 2.75) is 32.6 Å². The number of pyridine rings is 1. The first kappa shape index (κ1) is 15.3. The predicted molar refractivity (Wildman–Crippen MR) is 99.6 cm³/mol. The monoisotopic (exact) mass is 347 g/mol. The number of rotatable bonds is 2. The van der Waals surface area contributed by atoms with Crippen LogP contribution in [0.15, 0.2) is 36.5 Å². The molecule has 0 radical (unpaired) electrons. The molecule has 7 heteroatoms.